The number of carbonyl (C=O) groups excluding carboxylic acids is 2. The number of nitro groups is 1. The highest BCUT2D eigenvalue weighted by molar-refractivity contribution is 5.95. The zero-order valence-electron chi connectivity index (χ0n) is 17.1. The van der Waals surface area contributed by atoms with E-state index in [4.69, 9.17) is 4.74 Å². The Balaban J connectivity index is 1.53. The summed E-state index contributed by atoms with van der Waals surface area (Å²) in [6.45, 7) is 1.79. The van der Waals surface area contributed by atoms with Crippen LogP contribution < -0.4 is 15.5 Å². The SMILES string of the molecule is Cc1ccc(NC(=O)COc2cccc(/C=N/NC(=O)c3cccc([N+](=O)[O-])c3)c2)cc1. The molecule has 2 amide bonds. The lowest BCUT2D eigenvalue weighted by Crippen LogP contribution is -2.20. The van der Waals surface area contributed by atoms with Crippen LogP contribution >= 0.6 is 0 Å². The molecule has 0 radical (unpaired) electrons. The number of aryl methyl sites for hydroxylation is 1. The molecule has 0 unspecified atom stereocenters. The minimum atomic E-state index is -0.579. The van der Waals surface area contributed by atoms with Crippen LogP contribution in [0.3, 0.4) is 0 Å². The van der Waals surface area contributed by atoms with Crippen LogP contribution in [-0.4, -0.2) is 29.6 Å². The number of amides is 2. The molecule has 9 heteroatoms. The molecule has 3 rings (SSSR count). The van der Waals surface area contributed by atoms with E-state index in [0.29, 0.717) is 17.0 Å². The van der Waals surface area contributed by atoms with Gasteiger partial charge in [-0.1, -0.05) is 35.9 Å². The first-order valence-electron chi connectivity index (χ1n) is 9.58. The summed E-state index contributed by atoms with van der Waals surface area (Å²) >= 11 is 0. The number of nitro benzene ring substituents is 1. The van der Waals surface area contributed by atoms with Crippen LogP contribution in [0.1, 0.15) is 21.5 Å². The molecule has 0 heterocycles. The molecule has 0 spiro atoms. The second kappa shape index (κ2) is 10.5. The summed E-state index contributed by atoms with van der Waals surface area (Å²) in [4.78, 5) is 34.4. The van der Waals surface area contributed by atoms with Crippen LogP contribution in [0.4, 0.5) is 11.4 Å². The van der Waals surface area contributed by atoms with E-state index in [0.717, 1.165) is 5.56 Å². The number of rotatable bonds is 8. The van der Waals surface area contributed by atoms with Gasteiger partial charge in [-0.3, -0.25) is 19.7 Å². The molecule has 0 aliphatic heterocycles. The average Bonchev–Trinajstić information content (AvgIpc) is 2.79. The Bertz CT molecular complexity index is 1160. The number of hydrazone groups is 1. The zero-order valence-corrected chi connectivity index (χ0v) is 17.1. The number of hydrogen-bond acceptors (Lipinski definition) is 6. The third-order valence-electron chi connectivity index (χ3n) is 4.26. The molecule has 0 atom stereocenters. The minimum absolute atomic E-state index is 0.119. The number of carbonyl (C=O) groups is 2. The van der Waals surface area contributed by atoms with Gasteiger partial charge in [0.2, 0.25) is 0 Å². The summed E-state index contributed by atoms with van der Waals surface area (Å²) in [7, 11) is 0. The molecular formula is C23H20N4O5. The highest BCUT2D eigenvalue weighted by atomic mass is 16.6. The second-order valence-corrected chi connectivity index (χ2v) is 6.78. The van der Waals surface area contributed by atoms with Crippen molar-refractivity contribution in [2.45, 2.75) is 6.92 Å². The van der Waals surface area contributed by atoms with Crippen LogP contribution in [0, 0.1) is 17.0 Å². The van der Waals surface area contributed by atoms with Gasteiger partial charge in [0, 0.05) is 23.4 Å². The maximum absolute atomic E-state index is 12.1. The summed E-state index contributed by atoms with van der Waals surface area (Å²) in [6, 6.07) is 19.6. The first-order valence-corrected chi connectivity index (χ1v) is 9.58. The van der Waals surface area contributed by atoms with Crippen LogP contribution in [-0.2, 0) is 4.79 Å². The van der Waals surface area contributed by atoms with Crippen LogP contribution in [0.15, 0.2) is 77.9 Å². The fourth-order valence-electron chi connectivity index (χ4n) is 2.66. The molecule has 9 nitrogen and oxygen atoms in total. The quantitative estimate of drug-likeness (QED) is 0.319. The normalized spacial score (nSPS) is 10.5. The van der Waals surface area contributed by atoms with E-state index in [-0.39, 0.29) is 23.8 Å². The van der Waals surface area contributed by atoms with Gasteiger partial charge in [0.25, 0.3) is 17.5 Å². The third kappa shape index (κ3) is 6.49. The molecule has 3 aromatic rings. The van der Waals surface area contributed by atoms with E-state index in [2.05, 4.69) is 15.8 Å². The van der Waals surface area contributed by atoms with Crippen LogP contribution in [0.2, 0.25) is 0 Å². The lowest BCUT2D eigenvalue weighted by Gasteiger charge is -2.08. The molecule has 0 aliphatic rings. The number of hydrogen-bond donors (Lipinski definition) is 2. The third-order valence-corrected chi connectivity index (χ3v) is 4.26. The summed E-state index contributed by atoms with van der Waals surface area (Å²) in [5.74, 6) is -0.416. The van der Waals surface area contributed by atoms with Gasteiger partial charge in [-0.25, -0.2) is 5.43 Å². The Kier molecular flexibility index (Phi) is 7.26. The molecule has 0 bridgehead atoms. The average molecular weight is 432 g/mol. The van der Waals surface area contributed by atoms with Crippen molar-refractivity contribution in [2.75, 3.05) is 11.9 Å². The molecule has 32 heavy (non-hydrogen) atoms. The molecule has 0 fully saturated rings. The van der Waals surface area contributed by atoms with E-state index < -0.39 is 10.8 Å². The van der Waals surface area contributed by atoms with Gasteiger partial charge < -0.3 is 10.1 Å². The number of benzene rings is 3. The van der Waals surface area contributed by atoms with Gasteiger partial charge in [-0.05, 0) is 42.8 Å². The zero-order chi connectivity index (χ0) is 22.9. The highest BCUT2D eigenvalue weighted by Crippen LogP contribution is 2.14. The van der Waals surface area contributed by atoms with Gasteiger partial charge >= 0.3 is 0 Å². The summed E-state index contributed by atoms with van der Waals surface area (Å²) in [5, 5.41) is 17.4. The van der Waals surface area contributed by atoms with E-state index in [9.17, 15) is 19.7 Å². The van der Waals surface area contributed by atoms with E-state index >= 15 is 0 Å². The topological polar surface area (TPSA) is 123 Å². The molecule has 0 aromatic heterocycles. The van der Waals surface area contributed by atoms with E-state index in [1.54, 1.807) is 24.3 Å². The van der Waals surface area contributed by atoms with Crippen molar-refractivity contribution in [3.05, 3.63) is 99.6 Å². The van der Waals surface area contributed by atoms with Crippen molar-refractivity contribution in [2.24, 2.45) is 5.10 Å². The Morgan fingerprint density at radius 1 is 1.06 bits per heavy atom. The minimum Gasteiger partial charge on any atom is -0.484 e. The molecule has 162 valence electrons. The van der Waals surface area contributed by atoms with E-state index in [1.165, 1.54) is 30.5 Å². The summed E-state index contributed by atoms with van der Waals surface area (Å²) in [5.41, 5.74) is 4.66. The Hall–Kier alpha value is -4.53. The number of ether oxygens (including phenoxy) is 1. The molecule has 2 N–H and O–H groups in total. The summed E-state index contributed by atoms with van der Waals surface area (Å²) < 4.78 is 5.51. The van der Waals surface area contributed by atoms with Gasteiger partial charge in [0.1, 0.15) is 5.75 Å². The smallest absolute Gasteiger partial charge is 0.271 e. The van der Waals surface area contributed by atoms with Gasteiger partial charge in [-0.2, -0.15) is 5.10 Å². The Morgan fingerprint density at radius 2 is 1.81 bits per heavy atom. The van der Waals surface area contributed by atoms with Crippen LogP contribution in [0.25, 0.3) is 0 Å². The largest absolute Gasteiger partial charge is 0.484 e. The first kappa shape index (κ1) is 22.2. The number of anilines is 1. The number of non-ortho nitro benzene ring substituents is 1. The monoisotopic (exact) mass is 432 g/mol. The lowest BCUT2D eigenvalue weighted by atomic mass is 10.2. The Labute approximate surface area is 183 Å². The number of nitrogens with zero attached hydrogens (tertiary/aromatic N) is 2. The van der Waals surface area contributed by atoms with Gasteiger partial charge in [0.15, 0.2) is 6.61 Å². The maximum atomic E-state index is 12.1. The van der Waals surface area contributed by atoms with Crippen molar-refractivity contribution >= 4 is 29.4 Å². The highest BCUT2D eigenvalue weighted by Gasteiger charge is 2.10. The number of nitrogens with one attached hydrogen (secondary N) is 2. The maximum Gasteiger partial charge on any atom is 0.271 e. The fraction of sp³-hybridized carbons (Fsp3) is 0.0870. The predicted molar refractivity (Wildman–Crippen MR) is 120 cm³/mol. The molecule has 0 saturated heterocycles. The van der Waals surface area contributed by atoms with Crippen molar-refractivity contribution in [1.82, 2.24) is 5.43 Å². The Morgan fingerprint density at radius 3 is 2.56 bits per heavy atom. The van der Waals surface area contributed by atoms with Gasteiger partial charge in [0.05, 0.1) is 11.1 Å². The molecule has 3 aromatic carbocycles. The lowest BCUT2D eigenvalue weighted by molar-refractivity contribution is -0.384. The molecule has 0 saturated carbocycles. The fourth-order valence-corrected chi connectivity index (χ4v) is 2.66. The van der Waals surface area contributed by atoms with Gasteiger partial charge in [-0.15, -0.1) is 0 Å². The standard InChI is InChI=1S/C23H20N4O5/c1-16-8-10-19(11-9-16)25-22(28)15-32-21-7-2-4-17(12-21)14-24-26-23(29)18-5-3-6-20(13-18)27(30)31/h2-14H,15H2,1H3,(H,25,28)(H,26,29)/b24-14+. The van der Waals surface area contributed by atoms with Crippen molar-refractivity contribution in [3.8, 4) is 5.75 Å². The first-order chi connectivity index (χ1) is 15.4. The van der Waals surface area contributed by atoms with Crippen LogP contribution in [0.5, 0.6) is 5.75 Å². The summed E-state index contributed by atoms with van der Waals surface area (Å²) in [6.07, 6.45) is 1.40. The predicted octanol–water partition coefficient (Wildman–Crippen LogP) is 3.68. The molecule has 0 aliphatic carbocycles. The van der Waals surface area contributed by atoms with Crippen molar-refractivity contribution < 1.29 is 19.2 Å². The molecular weight excluding hydrogens is 412 g/mol. The van der Waals surface area contributed by atoms with Crippen molar-refractivity contribution in [3.63, 3.8) is 0 Å². The second-order valence-electron chi connectivity index (χ2n) is 6.78. The van der Waals surface area contributed by atoms with Crippen molar-refractivity contribution in [1.29, 1.82) is 0 Å². The van der Waals surface area contributed by atoms with E-state index in [1.807, 2.05) is 31.2 Å².